The Morgan fingerprint density at radius 3 is 2.95 bits per heavy atom. The summed E-state index contributed by atoms with van der Waals surface area (Å²) < 4.78 is 10.5. The van der Waals surface area contributed by atoms with Crippen molar-refractivity contribution in [2.75, 3.05) is 6.61 Å². The first-order chi connectivity index (χ1) is 10.6. The van der Waals surface area contributed by atoms with Gasteiger partial charge in [-0.25, -0.2) is 5.43 Å². The second kappa shape index (κ2) is 8.46. The van der Waals surface area contributed by atoms with Gasteiger partial charge in [-0.3, -0.25) is 4.79 Å². The lowest BCUT2D eigenvalue weighted by molar-refractivity contribution is -0.121. The highest BCUT2D eigenvalue weighted by atomic mass is 35.5. The molecule has 0 aliphatic carbocycles. The number of carbonyl (C=O) groups excluding carboxylic acids is 1. The van der Waals surface area contributed by atoms with Crippen LogP contribution in [0.15, 0.2) is 46.1 Å². The second-order valence-electron chi connectivity index (χ2n) is 4.34. The van der Waals surface area contributed by atoms with E-state index in [1.807, 2.05) is 0 Å². The minimum atomic E-state index is -0.200. The van der Waals surface area contributed by atoms with E-state index in [2.05, 4.69) is 10.5 Å². The zero-order chi connectivity index (χ0) is 15.8. The van der Waals surface area contributed by atoms with Gasteiger partial charge in [0.25, 0.3) is 0 Å². The lowest BCUT2D eigenvalue weighted by atomic mass is 10.3. The van der Waals surface area contributed by atoms with Gasteiger partial charge in [-0.2, -0.15) is 5.10 Å². The summed E-state index contributed by atoms with van der Waals surface area (Å²) in [5.41, 5.74) is 2.41. The van der Waals surface area contributed by atoms with Crippen molar-refractivity contribution in [2.45, 2.75) is 12.8 Å². The van der Waals surface area contributed by atoms with Crippen molar-refractivity contribution in [1.29, 1.82) is 0 Å². The number of ether oxygens (including phenoxy) is 1. The minimum Gasteiger partial charge on any atom is -0.492 e. The maximum Gasteiger partial charge on any atom is 0.240 e. The largest absolute Gasteiger partial charge is 0.492 e. The second-order valence-corrected chi connectivity index (χ2v) is 5.18. The monoisotopic (exact) mass is 340 g/mol. The molecule has 0 atom stereocenters. The molecule has 22 heavy (non-hydrogen) atoms. The third-order valence-corrected chi connectivity index (χ3v) is 3.15. The fraction of sp³-hybridized carbons (Fsp3) is 0.200. The molecule has 1 amide bonds. The fourth-order valence-electron chi connectivity index (χ4n) is 1.60. The lowest BCUT2D eigenvalue weighted by Gasteiger charge is -2.07. The fourth-order valence-corrected chi connectivity index (χ4v) is 2.06. The molecule has 0 aliphatic rings. The van der Waals surface area contributed by atoms with Crippen LogP contribution in [0.5, 0.6) is 5.75 Å². The Kier molecular flexibility index (Phi) is 6.30. The predicted octanol–water partition coefficient (Wildman–Crippen LogP) is 3.90. The van der Waals surface area contributed by atoms with E-state index >= 15 is 0 Å². The number of amides is 1. The van der Waals surface area contributed by atoms with E-state index in [1.165, 1.54) is 12.5 Å². The molecule has 0 saturated heterocycles. The molecular formula is C15H14Cl2N2O3. The summed E-state index contributed by atoms with van der Waals surface area (Å²) >= 11 is 11.8. The van der Waals surface area contributed by atoms with Gasteiger partial charge in [-0.15, -0.1) is 0 Å². The van der Waals surface area contributed by atoms with Crippen LogP contribution in [-0.4, -0.2) is 18.7 Å². The highest BCUT2D eigenvalue weighted by Gasteiger charge is 2.04. The van der Waals surface area contributed by atoms with E-state index in [0.29, 0.717) is 41.0 Å². The van der Waals surface area contributed by atoms with Gasteiger partial charge in [-0.1, -0.05) is 23.2 Å². The number of hydrogen-bond acceptors (Lipinski definition) is 4. The Morgan fingerprint density at radius 1 is 1.36 bits per heavy atom. The summed E-state index contributed by atoms with van der Waals surface area (Å²) in [4.78, 5) is 11.5. The number of furan rings is 1. The summed E-state index contributed by atoms with van der Waals surface area (Å²) in [7, 11) is 0. The van der Waals surface area contributed by atoms with Crippen molar-refractivity contribution in [3.05, 3.63) is 52.4 Å². The number of nitrogens with zero attached hydrogens (tertiary/aromatic N) is 1. The van der Waals surface area contributed by atoms with Crippen molar-refractivity contribution in [1.82, 2.24) is 5.43 Å². The first-order valence-electron chi connectivity index (χ1n) is 6.58. The molecule has 0 saturated carbocycles. The summed E-state index contributed by atoms with van der Waals surface area (Å²) in [6.45, 7) is 0.372. The number of carbonyl (C=O) groups is 1. The minimum absolute atomic E-state index is 0.200. The molecule has 0 fully saturated rings. The molecule has 1 aromatic carbocycles. The van der Waals surface area contributed by atoms with Crippen LogP contribution in [0.1, 0.15) is 18.6 Å². The van der Waals surface area contributed by atoms with Crippen molar-refractivity contribution in [2.24, 2.45) is 5.10 Å². The summed E-state index contributed by atoms with van der Waals surface area (Å²) in [6.07, 6.45) is 3.80. The van der Waals surface area contributed by atoms with E-state index in [1.54, 1.807) is 30.3 Å². The van der Waals surface area contributed by atoms with Crippen LogP contribution in [0, 0.1) is 0 Å². The number of rotatable bonds is 7. The average molecular weight is 341 g/mol. The molecule has 0 bridgehead atoms. The summed E-state index contributed by atoms with van der Waals surface area (Å²) in [5, 5.41) is 4.77. The van der Waals surface area contributed by atoms with E-state index < -0.39 is 0 Å². The highest BCUT2D eigenvalue weighted by Crippen LogP contribution is 2.27. The average Bonchev–Trinajstić information content (AvgIpc) is 2.99. The molecular weight excluding hydrogens is 327 g/mol. The molecule has 2 aromatic rings. The third kappa shape index (κ3) is 5.42. The van der Waals surface area contributed by atoms with Gasteiger partial charge in [0.05, 0.1) is 24.1 Å². The van der Waals surface area contributed by atoms with Crippen LogP contribution in [0.3, 0.4) is 0 Å². The normalized spacial score (nSPS) is 10.8. The number of hydrazone groups is 1. The third-order valence-electron chi connectivity index (χ3n) is 2.62. The zero-order valence-electron chi connectivity index (χ0n) is 11.6. The SMILES string of the molecule is O=C(CCCOc1ccc(Cl)cc1Cl)N/N=C/c1ccco1. The first-order valence-corrected chi connectivity index (χ1v) is 7.34. The quantitative estimate of drug-likeness (QED) is 0.472. The Labute approximate surface area is 137 Å². The number of nitrogens with one attached hydrogen (secondary N) is 1. The van der Waals surface area contributed by atoms with Crippen molar-refractivity contribution < 1.29 is 13.9 Å². The number of halogens is 2. The van der Waals surface area contributed by atoms with Crippen LogP contribution in [0.4, 0.5) is 0 Å². The van der Waals surface area contributed by atoms with E-state index in [-0.39, 0.29) is 5.91 Å². The molecule has 5 nitrogen and oxygen atoms in total. The molecule has 116 valence electrons. The molecule has 1 aromatic heterocycles. The molecule has 2 rings (SSSR count). The van der Waals surface area contributed by atoms with Crippen LogP contribution < -0.4 is 10.2 Å². The first kappa shape index (κ1) is 16.4. The standard InChI is InChI=1S/C15H14Cl2N2O3/c16-11-5-6-14(13(17)9-11)22-8-2-4-15(20)19-18-10-12-3-1-7-21-12/h1,3,5-7,9-10H,2,4,8H2,(H,19,20)/b18-10+. The Morgan fingerprint density at radius 2 is 2.23 bits per heavy atom. The Bertz CT molecular complexity index is 642. The highest BCUT2D eigenvalue weighted by molar-refractivity contribution is 6.35. The van der Waals surface area contributed by atoms with Crippen molar-refractivity contribution >= 4 is 35.3 Å². The Hall–Kier alpha value is -1.98. The summed E-state index contributed by atoms with van der Waals surface area (Å²) in [5.74, 6) is 0.914. The molecule has 0 aliphatic heterocycles. The number of benzene rings is 1. The zero-order valence-corrected chi connectivity index (χ0v) is 13.1. The van der Waals surface area contributed by atoms with Gasteiger partial charge in [0, 0.05) is 11.4 Å². The van der Waals surface area contributed by atoms with E-state index in [0.717, 1.165) is 0 Å². The van der Waals surface area contributed by atoms with Crippen LogP contribution >= 0.6 is 23.2 Å². The molecule has 1 heterocycles. The van der Waals surface area contributed by atoms with Crippen LogP contribution in [0.2, 0.25) is 10.0 Å². The lowest BCUT2D eigenvalue weighted by Crippen LogP contribution is -2.18. The van der Waals surface area contributed by atoms with E-state index in [9.17, 15) is 4.79 Å². The van der Waals surface area contributed by atoms with Gasteiger partial charge < -0.3 is 9.15 Å². The maximum absolute atomic E-state index is 11.5. The number of hydrogen-bond donors (Lipinski definition) is 1. The smallest absolute Gasteiger partial charge is 0.240 e. The predicted molar refractivity (Wildman–Crippen MR) is 85.6 cm³/mol. The van der Waals surface area contributed by atoms with Gasteiger partial charge >= 0.3 is 0 Å². The molecule has 0 spiro atoms. The molecule has 1 N–H and O–H groups in total. The Balaban J connectivity index is 1.64. The van der Waals surface area contributed by atoms with Crippen LogP contribution in [0.25, 0.3) is 0 Å². The molecule has 7 heteroatoms. The summed E-state index contributed by atoms with van der Waals surface area (Å²) in [6, 6.07) is 8.47. The molecule has 0 unspecified atom stereocenters. The molecule has 0 radical (unpaired) electrons. The van der Waals surface area contributed by atoms with Gasteiger partial charge in [0.1, 0.15) is 11.5 Å². The van der Waals surface area contributed by atoms with E-state index in [4.69, 9.17) is 32.4 Å². The van der Waals surface area contributed by atoms with Crippen molar-refractivity contribution in [3.63, 3.8) is 0 Å². The van der Waals surface area contributed by atoms with Crippen molar-refractivity contribution in [3.8, 4) is 5.75 Å². The topological polar surface area (TPSA) is 63.8 Å². The maximum atomic E-state index is 11.5. The van der Waals surface area contributed by atoms with Gasteiger partial charge in [0.15, 0.2) is 0 Å². The van der Waals surface area contributed by atoms with Gasteiger partial charge in [0.2, 0.25) is 5.91 Å². The van der Waals surface area contributed by atoms with Crippen LogP contribution in [-0.2, 0) is 4.79 Å². The van der Waals surface area contributed by atoms with Gasteiger partial charge in [-0.05, 0) is 36.8 Å².